The van der Waals surface area contributed by atoms with Crippen molar-refractivity contribution in [3.63, 3.8) is 0 Å². The van der Waals surface area contributed by atoms with Crippen LogP contribution in [-0.4, -0.2) is 17.0 Å². The lowest BCUT2D eigenvalue weighted by atomic mass is 10.1. The van der Waals surface area contributed by atoms with Crippen molar-refractivity contribution in [2.45, 2.75) is 36.0 Å². The second-order valence-corrected chi connectivity index (χ2v) is 4.77. The van der Waals surface area contributed by atoms with Crippen LogP contribution >= 0.6 is 22.6 Å². The van der Waals surface area contributed by atoms with Gasteiger partial charge in [0.25, 0.3) is 0 Å². The van der Waals surface area contributed by atoms with Crippen LogP contribution in [-0.2, 0) is 0 Å². The van der Waals surface area contributed by atoms with Gasteiger partial charge in [-0.1, -0.05) is 41.9 Å². The maximum Gasteiger partial charge on any atom is 0.0234 e. The average molecular weight is 253 g/mol. The molecule has 1 N–H and O–H groups in total. The van der Waals surface area contributed by atoms with Gasteiger partial charge in [0.1, 0.15) is 0 Å². The van der Waals surface area contributed by atoms with Crippen molar-refractivity contribution in [2.24, 2.45) is 0 Å². The van der Waals surface area contributed by atoms with Gasteiger partial charge in [-0.15, -0.1) is 0 Å². The third kappa shape index (κ3) is 3.76. The Morgan fingerprint density at radius 1 is 1.10 bits per heavy atom. The van der Waals surface area contributed by atoms with Crippen molar-refractivity contribution >= 4 is 22.6 Å². The summed E-state index contributed by atoms with van der Waals surface area (Å²) in [5.41, 5.74) is 0. The standard InChI is InChI=1S/C8H16IN/c9-8-5-3-1-2-4-6-10-7-8/h8,10H,1-7H2. The monoisotopic (exact) mass is 253 g/mol. The third-order valence-electron chi connectivity index (χ3n) is 1.99. The van der Waals surface area contributed by atoms with E-state index in [0.29, 0.717) is 0 Å². The second-order valence-electron chi connectivity index (χ2n) is 3.00. The maximum atomic E-state index is 3.47. The fourth-order valence-electron chi connectivity index (χ4n) is 1.33. The molecule has 0 saturated carbocycles. The number of rotatable bonds is 0. The predicted octanol–water partition coefficient (Wildman–Crippen LogP) is 2.34. The molecule has 0 amide bonds. The summed E-state index contributed by atoms with van der Waals surface area (Å²) in [6.07, 6.45) is 7.10. The summed E-state index contributed by atoms with van der Waals surface area (Å²) in [4.78, 5) is 0. The highest BCUT2D eigenvalue weighted by molar-refractivity contribution is 14.1. The van der Waals surface area contributed by atoms with Crippen LogP contribution in [0, 0.1) is 0 Å². The molecule has 1 unspecified atom stereocenters. The smallest absolute Gasteiger partial charge is 0.0234 e. The molecule has 1 fully saturated rings. The molecular formula is C8H16IN. The molecule has 1 rings (SSSR count). The Morgan fingerprint density at radius 2 is 1.90 bits per heavy atom. The van der Waals surface area contributed by atoms with Crippen molar-refractivity contribution in [3.8, 4) is 0 Å². The third-order valence-corrected chi connectivity index (χ3v) is 3.05. The van der Waals surface area contributed by atoms with E-state index in [1.807, 2.05) is 0 Å². The fraction of sp³-hybridized carbons (Fsp3) is 1.00. The lowest BCUT2D eigenvalue weighted by Gasteiger charge is -2.06. The topological polar surface area (TPSA) is 12.0 Å². The van der Waals surface area contributed by atoms with Crippen LogP contribution in [0.15, 0.2) is 0 Å². The molecule has 1 nitrogen and oxygen atoms in total. The van der Waals surface area contributed by atoms with Crippen LogP contribution in [0.3, 0.4) is 0 Å². The van der Waals surface area contributed by atoms with Gasteiger partial charge in [-0.25, -0.2) is 0 Å². The summed E-state index contributed by atoms with van der Waals surface area (Å²) in [7, 11) is 0. The van der Waals surface area contributed by atoms with Gasteiger partial charge in [0, 0.05) is 10.5 Å². The zero-order chi connectivity index (χ0) is 7.23. The minimum atomic E-state index is 0.871. The molecule has 0 aliphatic carbocycles. The van der Waals surface area contributed by atoms with E-state index in [1.54, 1.807) is 0 Å². The number of alkyl halides is 1. The molecule has 0 radical (unpaired) electrons. The van der Waals surface area contributed by atoms with Crippen LogP contribution in [0.25, 0.3) is 0 Å². The Bertz CT molecular complexity index is 75.3. The van der Waals surface area contributed by atoms with Crippen LogP contribution in [0.5, 0.6) is 0 Å². The first kappa shape index (κ1) is 8.78. The largest absolute Gasteiger partial charge is 0.316 e. The molecule has 1 saturated heterocycles. The molecule has 2 heteroatoms. The van der Waals surface area contributed by atoms with Crippen molar-refractivity contribution in [2.75, 3.05) is 13.1 Å². The first-order valence-electron chi connectivity index (χ1n) is 4.24. The highest BCUT2D eigenvalue weighted by Crippen LogP contribution is 2.13. The van der Waals surface area contributed by atoms with Gasteiger partial charge < -0.3 is 5.32 Å². The normalized spacial score (nSPS) is 30.3. The lowest BCUT2D eigenvalue weighted by Crippen LogP contribution is -2.22. The highest BCUT2D eigenvalue weighted by atomic mass is 127. The van der Waals surface area contributed by atoms with Crippen LogP contribution in [0.4, 0.5) is 0 Å². The summed E-state index contributed by atoms with van der Waals surface area (Å²) < 4.78 is 0.871. The van der Waals surface area contributed by atoms with Crippen LogP contribution in [0.2, 0.25) is 0 Å². The van der Waals surface area contributed by atoms with E-state index in [-0.39, 0.29) is 0 Å². The first-order chi connectivity index (χ1) is 4.89. The van der Waals surface area contributed by atoms with Gasteiger partial charge in [0.15, 0.2) is 0 Å². The molecule has 0 spiro atoms. The van der Waals surface area contributed by atoms with Crippen molar-refractivity contribution in [1.29, 1.82) is 0 Å². The average Bonchev–Trinajstić information content (AvgIpc) is 2.02. The molecule has 1 aliphatic rings. The summed E-state index contributed by atoms with van der Waals surface area (Å²) in [5.74, 6) is 0. The molecule has 0 aromatic carbocycles. The highest BCUT2D eigenvalue weighted by Gasteiger charge is 2.04. The molecule has 0 aromatic heterocycles. The molecule has 0 aromatic rings. The Morgan fingerprint density at radius 3 is 2.80 bits per heavy atom. The Hall–Kier alpha value is 0.690. The van der Waals surface area contributed by atoms with Gasteiger partial charge in [0.05, 0.1) is 0 Å². The summed E-state index contributed by atoms with van der Waals surface area (Å²) in [6, 6.07) is 0. The summed E-state index contributed by atoms with van der Waals surface area (Å²) in [6.45, 7) is 2.46. The van der Waals surface area contributed by atoms with Gasteiger partial charge in [-0.3, -0.25) is 0 Å². The number of hydrogen-bond acceptors (Lipinski definition) is 1. The molecule has 60 valence electrons. The van der Waals surface area contributed by atoms with E-state index in [0.717, 1.165) is 3.92 Å². The van der Waals surface area contributed by atoms with E-state index < -0.39 is 0 Å². The van der Waals surface area contributed by atoms with E-state index in [2.05, 4.69) is 27.9 Å². The van der Waals surface area contributed by atoms with E-state index in [4.69, 9.17) is 0 Å². The zero-order valence-electron chi connectivity index (χ0n) is 6.41. The SMILES string of the molecule is IC1CCCCCCNC1. The minimum Gasteiger partial charge on any atom is -0.316 e. The number of nitrogens with one attached hydrogen (secondary N) is 1. The molecule has 1 heterocycles. The van der Waals surface area contributed by atoms with Crippen molar-refractivity contribution in [3.05, 3.63) is 0 Å². The molecule has 1 aliphatic heterocycles. The quantitative estimate of drug-likeness (QED) is 0.516. The predicted molar refractivity (Wildman–Crippen MR) is 53.8 cm³/mol. The summed E-state index contributed by atoms with van der Waals surface area (Å²) >= 11 is 2.55. The zero-order valence-corrected chi connectivity index (χ0v) is 8.56. The van der Waals surface area contributed by atoms with Gasteiger partial charge in [0.2, 0.25) is 0 Å². The first-order valence-corrected chi connectivity index (χ1v) is 5.49. The van der Waals surface area contributed by atoms with Gasteiger partial charge in [-0.2, -0.15) is 0 Å². The van der Waals surface area contributed by atoms with Gasteiger partial charge >= 0.3 is 0 Å². The fourth-order valence-corrected chi connectivity index (χ4v) is 2.08. The van der Waals surface area contributed by atoms with Crippen LogP contribution < -0.4 is 5.32 Å². The second kappa shape index (κ2) is 5.35. The van der Waals surface area contributed by atoms with E-state index in [1.165, 1.54) is 45.2 Å². The number of halogens is 1. The Kier molecular flexibility index (Phi) is 4.70. The summed E-state index contributed by atoms with van der Waals surface area (Å²) in [5, 5.41) is 3.47. The van der Waals surface area contributed by atoms with Crippen LogP contribution in [0.1, 0.15) is 32.1 Å². The molecular weight excluding hydrogens is 237 g/mol. The number of hydrogen-bond donors (Lipinski definition) is 1. The molecule has 0 bridgehead atoms. The maximum absolute atomic E-state index is 3.47. The van der Waals surface area contributed by atoms with E-state index in [9.17, 15) is 0 Å². The Labute approximate surface area is 77.1 Å². The lowest BCUT2D eigenvalue weighted by molar-refractivity contribution is 0.634. The Balaban J connectivity index is 2.15. The van der Waals surface area contributed by atoms with Crippen molar-refractivity contribution < 1.29 is 0 Å². The minimum absolute atomic E-state index is 0.871. The molecule has 10 heavy (non-hydrogen) atoms. The van der Waals surface area contributed by atoms with E-state index >= 15 is 0 Å². The van der Waals surface area contributed by atoms with Crippen molar-refractivity contribution in [1.82, 2.24) is 5.32 Å². The van der Waals surface area contributed by atoms with Gasteiger partial charge in [-0.05, 0) is 19.4 Å². The molecule has 1 atom stereocenters.